The number of aliphatic hydroxyl groups is 2. The average Bonchev–Trinajstić information content (AvgIpc) is 2.20. The summed E-state index contributed by atoms with van der Waals surface area (Å²) in [4.78, 5) is 0. The van der Waals surface area contributed by atoms with Gasteiger partial charge in [0.2, 0.25) is 0 Å². The molecule has 0 bridgehead atoms. The molecule has 3 nitrogen and oxygen atoms in total. The van der Waals surface area contributed by atoms with E-state index in [1.54, 1.807) is 24.3 Å². The molecule has 78 valence electrons. The zero-order valence-corrected chi connectivity index (χ0v) is 8.14. The minimum absolute atomic E-state index is 0.101. The van der Waals surface area contributed by atoms with Crippen LogP contribution in [0.3, 0.4) is 0 Å². The maximum absolute atomic E-state index is 9.64. The van der Waals surface area contributed by atoms with Crippen LogP contribution in [-0.4, -0.2) is 15.3 Å². The fourth-order valence-electron chi connectivity index (χ4n) is 1.65. The van der Waals surface area contributed by atoms with Gasteiger partial charge in [-0.2, -0.15) is 0 Å². The quantitative estimate of drug-likeness (QED) is 0.659. The molecule has 2 rings (SSSR count). The summed E-state index contributed by atoms with van der Waals surface area (Å²) in [5.74, 6) is 0.507. The molecule has 1 aliphatic rings. The number of hydrogen-bond acceptors (Lipinski definition) is 3. The minimum Gasteiger partial charge on any atom is -0.512 e. The van der Waals surface area contributed by atoms with Crippen molar-refractivity contribution in [1.29, 1.82) is 0 Å². The van der Waals surface area contributed by atoms with Gasteiger partial charge in [-0.3, -0.25) is 0 Å². The molecule has 0 amide bonds. The number of hydrogen-bond donors (Lipinski definition) is 3. The number of benzene rings is 1. The van der Waals surface area contributed by atoms with Crippen LogP contribution in [0.5, 0.6) is 5.75 Å². The first-order valence-electron chi connectivity index (χ1n) is 4.78. The highest BCUT2D eigenvalue weighted by Crippen LogP contribution is 2.30. The van der Waals surface area contributed by atoms with Crippen molar-refractivity contribution in [2.45, 2.75) is 12.8 Å². The largest absolute Gasteiger partial charge is 0.512 e. The van der Waals surface area contributed by atoms with Crippen LogP contribution >= 0.6 is 0 Å². The molecule has 1 aromatic rings. The Hall–Kier alpha value is -1.90. The van der Waals surface area contributed by atoms with E-state index in [1.807, 2.05) is 0 Å². The minimum atomic E-state index is 0.101. The number of aromatic hydroxyl groups is 1. The van der Waals surface area contributed by atoms with E-state index < -0.39 is 0 Å². The van der Waals surface area contributed by atoms with E-state index in [4.69, 9.17) is 5.11 Å². The third kappa shape index (κ3) is 1.96. The monoisotopic (exact) mass is 204 g/mol. The van der Waals surface area contributed by atoms with Crippen LogP contribution in [0.15, 0.2) is 41.9 Å². The van der Waals surface area contributed by atoms with Crippen LogP contribution in [0.4, 0.5) is 0 Å². The Kier molecular flexibility index (Phi) is 2.37. The summed E-state index contributed by atoms with van der Waals surface area (Å²) in [5.41, 5.74) is 1.67. The molecule has 1 aromatic carbocycles. The van der Waals surface area contributed by atoms with Crippen molar-refractivity contribution in [2.24, 2.45) is 0 Å². The van der Waals surface area contributed by atoms with E-state index in [2.05, 4.69) is 0 Å². The Morgan fingerprint density at radius 3 is 2.13 bits per heavy atom. The van der Waals surface area contributed by atoms with Gasteiger partial charge in [-0.05, 0) is 24.1 Å². The standard InChI is InChI=1S/C12H12O3/c13-9-3-1-8(2-4-9)11-6-5-10(14)7-12(11)15/h1-4,7,13-15H,5-6H2. The van der Waals surface area contributed by atoms with Crippen molar-refractivity contribution >= 4 is 5.57 Å². The van der Waals surface area contributed by atoms with Crippen LogP contribution in [0.1, 0.15) is 18.4 Å². The van der Waals surface area contributed by atoms with Crippen molar-refractivity contribution in [3.8, 4) is 5.75 Å². The second-order valence-electron chi connectivity index (χ2n) is 3.55. The molecule has 0 saturated heterocycles. The maximum Gasteiger partial charge on any atom is 0.122 e. The number of phenols is 1. The molecule has 0 aliphatic heterocycles. The van der Waals surface area contributed by atoms with E-state index in [0.29, 0.717) is 12.8 Å². The number of aliphatic hydroxyl groups excluding tert-OH is 2. The van der Waals surface area contributed by atoms with Gasteiger partial charge in [0.15, 0.2) is 0 Å². The highest BCUT2D eigenvalue weighted by molar-refractivity contribution is 5.70. The van der Waals surface area contributed by atoms with Crippen molar-refractivity contribution in [3.05, 3.63) is 47.4 Å². The second kappa shape index (κ2) is 3.69. The molecule has 1 aliphatic carbocycles. The molecular weight excluding hydrogens is 192 g/mol. The van der Waals surface area contributed by atoms with Gasteiger partial charge in [0, 0.05) is 18.1 Å². The third-order valence-electron chi connectivity index (χ3n) is 2.46. The molecule has 0 heterocycles. The average molecular weight is 204 g/mol. The SMILES string of the molecule is OC1=CC(O)=C(c2ccc(O)cc2)CC1. The highest BCUT2D eigenvalue weighted by atomic mass is 16.3. The van der Waals surface area contributed by atoms with Crippen LogP contribution in [0.25, 0.3) is 5.57 Å². The van der Waals surface area contributed by atoms with Crippen LogP contribution < -0.4 is 0 Å². The van der Waals surface area contributed by atoms with E-state index in [-0.39, 0.29) is 17.3 Å². The first-order chi connectivity index (χ1) is 7.16. The summed E-state index contributed by atoms with van der Waals surface area (Å²) in [7, 11) is 0. The van der Waals surface area contributed by atoms with Gasteiger partial charge in [0.25, 0.3) is 0 Å². The van der Waals surface area contributed by atoms with E-state index in [9.17, 15) is 10.2 Å². The van der Waals surface area contributed by atoms with E-state index in [1.165, 1.54) is 6.08 Å². The topological polar surface area (TPSA) is 60.7 Å². The maximum atomic E-state index is 9.64. The van der Waals surface area contributed by atoms with Gasteiger partial charge in [-0.1, -0.05) is 12.1 Å². The van der Waals surface area contributed by atoms with E-state index >= 15 is 0 Å². The predicted molar refractivity (Wildman–Crippen MR) is 57.6 cm³/mol. The van der Waals surface area contributed by atoms with Crippen LogP contribution in [0.2, 0.25) is 0 Å². The summed E-state index contributed by atoms with van der Waals surface area (Å²) in [6, 6.07) is 6.65. The molecule has 0 unspecified atom stereocenters. The van der Waals surface area contributed by atoms with Gasteiger partial charge in [0.1, 0.15) is 11.5 Å². The Balaban J connectivity index is 2.39. The van der Waals surface area contributed by atoms with Gasteiger partial charge >= 0.3 is 0 Å². The lowest BCUT2D eigenvalue weighted by atomic mass is 9.95. The zero-order chi connectivity index (χ0) is 10.8. The van der Waals surface area contributed by atoms with Crippen LogP contribution in [0, 0.1) is 0 Å². The third-order valence-corrected chi connectivity index (χ3v) is 2.46. The fraction of sp³-hybridized carbons (Fsp3) is 0.167. The smallest absolute Gasteiger partial charge is 0.122 e. The molecule has 0 radical (unpaired) electrons. The first-order valence-corrected chi connectivity index (χ1v) is 4.78. The molecule has 0 fully saturated rings. The lowest BCUT2D eigenvalue weighted by Gasteiger charge is -2.14. The normalized spacial score (nSPS) is 16.4. The van der Waals surface area contributed by atoms with Crippen molar-refractivity contribution < 1.29 is 15.3 Å². The van der Waals surface area contributed by atoms with Crippen molar-refractivity contribution in [3.63, 3.8) is 0 Å². The zero-order valence-electron chi connectivity index (χ0n) is 8.14. The van der Waals surface area contributed by atoms with Gasteiger partial charge in [-0.25, -0.2) is 0 Å². The second-order valence-corrected chi connectivity index (χ2v) is 3.55. The molecular formula is C12H12O3. The number of rotatable bonds is 1. The summed E-state index contributed by atoms with van der Waals surface area (Å²) in [6.07, 6.45) is 2.52. The Morgan fingerprint density at radius 2 is 1.53 bits per heavy atom. The molecule has 0 aromatic heterocycles. The molecule has 3 heteroatoms. The lowest BCUT2D eigenvalue weighted by Crippen LogP contribution is -1.98. The summed E-state index contributed by atoms with van der Waals surface area (Å²) in [5, 5.41) is 28.0. The van der Waals surface area contributed by atoms with E-state index in [0.717, 1.165) is 11.1 Å². The Bertz CT molecular complexity index is 427. The predicted octanol–water partition coefficient (Wildman–Crippen LogP) is 2.90. The molecule has 0 spiro atoms. The van der Waals surface area contributed by atoms with Gasteiger partial charge < -0.3 is 15.3 Å². The summed E-state index contributed by atoms with van der Waals surface area (Å²) < 4.78 is 0. The fourth-order valence-corrected chi connectivity index (χ4v) is 1.65. The molecule has 15 heavy (non-hydrogen) atoms. The lowest BCUT2D eigenvalue weighted by molar-refractivity contribution is 0.367. The van der Waals surface area contributed by atoms with Crippen LogP contribution in [-0.2, 0) is 0 Å². The highest BCUT2D eigenvalue weighted by Gasteiger charge is 2.13. The summed E-state index contributed by atoms with van der Waals surface area (Å²) >= 11 is 0. The van der Waals surface area contributed by atoms with Crippen molar-refractivity contribution in [1.82, 2.24) is 0 Å². The summed E-state index contributed by atoms with van der Waals surface area (Å²) in [6.45, 7) is 0. The molecule has 3 N–H and O–H groups in total. The molecule has 0 saturated carbocycles. The number of allylic oxidation sites excluding steroid dienone is 3. The molecule has 0 atom stereocenters. The Labute approximate surface area is 87.6 Å². The van der Waals surface area contributed by atoms with Gasteiger partial charge in [-0.15, -0.1) is 0 Å². The first kappa shape index (κ1) is 9.65. The van der Waals surface area contributed by atoms with Gasteiger partial charge in [0.05, 0.1) is 5.76 Å². The Morgan fingerprint density at radius 1 is 0.867 bits per heavy atom. The number of phenolic OH excluding ortho intramolecular Hbond substituents is 1. The van der Waals surface area contributed by atoms with Crippen molar-refractivity contribution in [2.75, 3.05) is 0 Å².